The minimum atomic E-state index is -0.811. The van der Waals surface area contributed by atoms with Crippen LogP contribution in [-0.2, 0) is 15.6 Å². The fraction of sp³-hybridized carbons (Fsp3) is 0.480. The number of amides is 1. The van der Waals surface area contributed by atoms with Crippen LogP contribution in [0.25, 0.3) is 11.0 Å². The summed E-state index contributed by atoms with van der Waals surface area (Å²) in [6.07, 6.45) is 5.00. The topological polar surface area (TPSA) is 118 Å². The van der Waals surface area contributed by atoms with Gasteiger partial charge in [-0.2, -0.15) is 0 Å². The molecule has 180 valence electrons. The van der Waals surface area contributed by atoms with Crippen molar-refractivity contribution in [2.75, 3.05) is 31.1 Å². The highest BCUT2D eigenvalue weighted by Crippen LogP contribution is 2.70. The van der Waals surface area contributed by atoms with Crippen LogP contribution >= 0.6 is 0 Å². The van der Waals surface area contributed by atoms with Crippen molar-refractivity contribution in [3.05, 3.63) is 58.2 Å². The first-order chi connectivity index (χ1) is 16.7. The van der Waals surface area contributed by atoms with Crippen molar-refractivity contribution in [1.82, 2.24) is 24.8 Å². The molecule has 2 fully saturated rings. The lowest BCUT2D eigenvalue weighted by Gasteiger charge is -2.44. The monoisotopic (exact) mass is 473 g/mol. The molecule has 3 aromatic rings. The van der Waals surface area contributed by atoms with Crippen LogP contribution in [0.2, 0.25) is 0 Å². The summed E-state index contributed by atoms with van der Waals surface area (Å²) in [5, 5.41) is 11.4. The summed E-state index contributed by atoms with van der Waals surface area (Å²) in [4.78, 5) is 47.9. The SMILES string of the molecule is CC12CCC(C(=O)N3CCN(c4ncccn4)CC3)(c3nc4cc([N+](=O)[O-])ccc4nc31)C2(C)C. The van der Waals surface area contributed by atoms with Gasteiger partial charge in [-0.3, -0.25) is 14.9 Å². The van der Waals surface area contributed by atoms with E-state index in [4.69, 9.17) is 9.97 Å². The summed E-state index contributed by atoms with van der Waals surface area (Å²) in [6.45, 7) is 8.97. The lowest BCUT2D eigenvalue weighted by Crippen LogP contribution is -2.57. The van der Waals surface area contributed by atoms with Gasteiger partial charge in [0, 0.05) is 56.1 Å². The fourth-order valence-corrected chi connectivity index (χ4v) is 6.51. The molecule has 1 saturated heterocycles. The third-order valence-corrected chi connectivity index (χ3v) is 9.00. The number of hydrogen-bond donors (Lipinski definition) is 0. The Morgan fingerprint density at radius 1 is 0.971 bits per heavy atom. The fourth-order valence-electron chi connectivity index (χ4n) is 6.51. The number of non-ortho nitro benzene ring substituents is 1. The van der Waals surface area contributed by atoms with Gasteiger partial charge in [0.1, 0.15) is 0 Å². The van der Waals surface area contributed by atoms with Gasteiger partial charge in [-0.15, -0.1) is 0 Å². The lowest BCUT2D eigenvalue weighted by atomic mass is 9.63. The smallest absolute Gasteiger partial charge is 0.271 e. The van der Waals surface area contributed by atoms with Crippen LogP contribution in [0.3, 0.4) is 0 Å². The molecular weight excluding hydrogens is 446 g/mol. The van der Waals surface area contributed by atoms with E-state index in [-0.39, 0.29) is 17.0 Å². The maximum Gasteiger partial charge on any atom is 0.271 e. The molecule has 0 N–H and O–H groups in total. The van der Waals surface area contributed by atoms with Gasteiger partial charge >= 0.3 is 0 Å². The molecule has 1 amide bonds. The van der Waals surface area contributed by atoms with Crippen molar-refractivity contribution in [2.45, 2.75) is 44.4 Å². The molecule has 1 saturated carbocycles. The van der Waals surface area contributed by atoms with Crippen LogP contribution < -0.4 is 4.90 Å². The Bertz CT molecular complexity index is 1370. The Kier molecular flexibility index (Phi) is 4.46. The van der Waals surface area contributed by atoms with Crippen molar-refractivity contribution < 1.29 is 9.72 Å². The molecule has 2 aliphatic carbocycles. The normalized spacial score (nSPS) is 26.7. The molecule has 0 radical (unpaired) electrons. The van der Waals surface area contributed by atoms with Crippen molar-refractivity contribution in [3.63, 3.8) is 0 Å². The summed E-state index contributed by atoms with van der Waals surface area (Å²) >= 11 is 0. The van der Waals surface area contributed by atoms with E-state index in [1.165, 1.54) is 12.1 Å². The zero-order valence-corrected chi connectivity index (χ0v) is 20.1. The molecular formula is C25H27N7O3. The number of anilines is 1. The number of hydrogen-bond acceptors (Lipinski definition) is 8. The van der Waals surface area contributed by atoms with E-state index >= 15 is 0 Å². The lowest BCUT2D eigenvalue weighted by molar-refractivity contribution is -0.384. The van der Waals surface area contributed by atoms with Gasteiger partial charge < -0.3 is 9.80 Å². The van der Waals surface area contributed by atoms with E-state index in [1.54, 1.807) is 24.5 Å². The van der Waals surface area contributed by atoms with Crippen molar-refractivity contribution in [2.24, 2.45) is 5.41 Å². The number of nitrogens with zero attached hydrogens (tertiary/aromatic N) is 7. The molecule has 2 atom stereocenters. The maximum absolute atomic E-state index is 14.4. The standard InChI is InChI=1S/C25H27N7O3/c1-23(2)24(3)7-8-25(23,20-19(24)28-17-6-5-16(32(34)35)15-18(17)29-20)21(33)30-11-13-31(14-12-30)22-26-9-4-10-27-22/h4-6,9-10,15H,7-8,11-14H2,1-3H3. The van der Waals surface area contributed by atoms with Gasteiger partial charge in [0.15, 0.2) is 0 Å². The molecule has 10 nitrogen and oxygen atoms in total. The third-order valence-electron chi connectivity index (χ3n) is 9.00. The first-order valence-corrected chi connectivity index (χ1v) is 12.0. The van der Waals surface area contributed by atoms with Crippen LogP contribution in [-0.4, -0.2) is 61.8 Å². The van der Waals surface area contributed by atoms with Crippen molar-refractivity contribution in [3.8, 4) is 0 Å². The highest BCUT2D eigenvalue weighted by Gasteiger charge is 2.73. The summed E-state index contributed by atoms with van der Waals surface area (Å²) < 4.78 is 0. The van der Waals surface area contributed by atoms with Crippen LogP contribution in [0.4, 0.5) is 11.6 Å². The molecule has 1 aliphatic heterocycles. The molecule has 35 heavy (non-hydrogen) atoms. The van der Waals surface area contributed by atoms with Gasteiger partial charge in [0.05, 0.1) is 32.8 Å². The second kappa shape index (κ2) is 7.16. The Labute approximate surface area is 202 Å². The minimum Gasteiger partial charge on any atom is -0.338 e. The predicted molar refractivity (Wildman–Crippen MR) is 129 cm³/mol. The number of carbonyl (C=O) groups excluding carboxylic acids is 1. The second-order valence-corrected chi connectivity index (χ2v) is 10.5. The average molecular weight is 474 g/mol. The zero-order valence-electron chi connectivity index (χ0n) is 20.1. The van der Waals surface area contributed by atoms with E-state index < -0.39 is 15.8 Å². The van der Waals surface area contributed by atoms with Crippen molar-refractivity contribution >= 4 is 28.6 Å². The quantitative estimate of drug-likeness (QED) is 0.421. The first-order valence-electron chi connectivity index (χ1n) is 12.0. The van der Waals surface area contributed by atoms with Crippen LogP contribution in [0.1, 0.15) is 45.0 Å². The number of piperazine rings is 1. The summed E-state index contributed by atoms with van der Waals surface area (Å²) in [5.41, 5.74) is 1.10. The Hall–Kier alpha value is -3.69. The summed E-state index contributed by atoms with van der Waals surface area (Å²) in [6, 6.07) is 6.36. The van der Waals surface area contributed by atoms with Gasteiger partial charge in [-0.05, 0) is 30.4 Å². The maximum atomic E-state index is 14.4. The number of benzene rings is 1. The van der Waals surface area contributed by atoms with E-state index in [0.29, 0.717) is 55.3 Å². The summed E-state index contributed by atoms with van der Waals surface area (Å²) in [5.74, 6) is 0.759. The van der Waals surface area contributed by atoms with E-state index in [0.717, 1.165) is 12.1 Å². The largest absolute Gasteiger partial charge is 0.338 e. The average Bonchev–Trinajstić information content (AvgIpc) is 3.17. The van der Waals surface area contributed by atoms with E-state index in [1.807, 2.05) is 4.90 Å². The Morgan fingerprint density at radius 2 is 1.66 bits per heavy atom. The Balaban J connectivity index is 1.40. The van der Waals surface area contributed by atoms with Gasteiger partial charge in [0.2, 0.25) is 11.9 Å². The van der Waals surface area contributed by atoms with Crippen LogP contribution in [0, 0.1) is 15.5 Å². The van der Waals surface area contributed by atoms with Crippen LogP contribution in [0.5, 0.6) is 0 Å². The number of nitro groups is 1. The number of carbonyl (C=O) groups is 1. The second-order valence-electron chi connectivity index (χ2n) is 10.5. The van der Waals surface area contributed by atoms with Gasteiger partial charge in [-0.25, -0.2) is 19.9 Å². The van der Waals surface area contributed by atoms with E-state index in [2.05, 4.69) is 35.6 Å². The molecule has 1 aromatic carbocycles. The summed E-state index contributed by atoms with van der Waals surface area (Å²) in [7, 11) is 0. The molecule has 2 unspecified atom stereocenters. The number of rotatable bonds is 3. The molecule has 0 spiro atoms. The highest BCUT2D eigenvalue weighted by atomic mass is 16.6. The highest BCUT2D eigenvalue weighted by molar-refractivity contribution is 5.93. The molecule has 2 aromatic heterocycles. The van der Waals surface area contributed by atoms with E-state index in [9.17, 15) is 14.9 Å². The van der Waals surface area contributed by atoms with Crippen molar-refractivity contribution in [1.29, 1.82) is 0 Å². The van der Waals surface area contributed by atoms with Gasteiger partial charge in [0.25, 0.3) is 5.69 Å². The Morgan fingerprint density at radius 3 is 2.34 bits per heavy atom. The number of fused-ring (bicyclic) bond motifs is 6. The molecule has 3 heterocycles. The minimum absolute atomic E-state index is 0.0278. The van der Waals surface area contributed by atoms with Gasteiger partial charge in [-0.1, -0.05) is 20.8 Å². The number of aromatic nitrogens is 4. The molecule has 2 bridgehead atoms. The molecule has 6 rings (SSSR count). The molecule has 3 aliphatic rings. The predicted octanol–water partition coefficient (Wildman–Crippen LogP) is 3.01. The van der Waals surface area contributed by atoms with Crippen LogP contribution in [0.15, 0.2) is 36.7 Å². The first kappa shape index (κ1) is 21.8. The zero-order chi connectivity index (χ0) is 24.6. The third kappa shape index (κ3) is 2.73. The number of nitro benzene ring substituents is 1. The molecule has 10 heteroatoms.